The highest BCUT2D eigenvalue weighted by Gasteiger charge is 2.44. The number of phosphoric ester groups is 1. The van der Waals surface area contributed by atoms with Crippen LogP contribution in [0.25, 0.3) is 63.8 Å². The van der Waals surface area contributed by atoms with Gasteiger partial charge in [0.25, 0.3) is 17.4 Å². The first kappa shape index (κ1) is 76.8. The molecule has 7 aromatic rings. The number of anilines is 2. The van der Waals surface area contributed by atoms with Crippen LogP contribution in [-0.2, 0) is 61.8 Å². The number of hydrogen-bond acceptors (Lipinski definition) is 24. The Morgan fingerprint density at radius 1 is 0.922 bits per heavy atom. The Balaban J connectivity index is 0.683. The zero-order valence-electron chi connectivity index (χ0n) is 54.5. The normalized spacial score (nSPS) is 16.4. The lowest BCUT2D eigenvalue weighted by atomic mass is 9.90. The number of ether oxygens (including phenoxy) is 5. The summed E-state index contributed by atoms with van der Waals surface area (Å²) in [6, 6.07) is 25.9. The summed E-state index contributed by atoms with van der Waals surface area (Å²) in [5, 5.41) is 16.0. The molecule has 102 heavy (non-hydrogen) atoms. The maximum absolute atomic E-state index is 14.5. The van der Waals surface area contributed by atoms with Crippen molar-refractivity contribution in [1.29, 1.82) is 0 Å². The second-order valence-electron chi connectivity index (χ2n) is 22.5. The Bertz CT molecular complexity index is 4670. The molecule has 9 N–H and O–H groups in total. The molecule has 4 amide bonds. The van der Waals surface area contributed by atoms with Gasteiger partial charge in [-0.1, -0.05) is 58.5 Å². The molecule has 540 valence electrons. The SMILES string of the molecule is CCN1CCCc2cc3c(-c4ccccc4C(=O)N(C)CCCC(=O)NCCNC(=O)c4cccc(OCC(N=[N+]=[N-])OCCOCC(=O)NCC#Cc5cn(C6CC(OCN=[N+]=[N-])C(COP(=O)(O)OP(=O)(O)OP(=O)(O)O)O6)c(=O)cc5N)c4)c(-c4nc5ccccc5s4)c(=O)oc3cc21. The highest BCUT2D eigenvalue weighted by atomic mass is 32.1. The number of rotatable bonds is 34. The summed E-state index contributed by atoms with van der Waals surface area (Å²) in [7, 11) is -15.5. The second-order valence-corrected chi connectivity index (χ2v) is 27.9. The molecule has 6 atom stereocenters. The second kappa shape index (κ2) is 35.5. The number of pyridine rings is 1. The first-order valence-corrected chi connectivity index (χ1v) is 36.6. The first-order valence-electron chi connectivity index (χ1n) is 31.3. The highest BCUT2D eigenvalue weighted by Crippen LogP contribution is 2.66. The lowest BCUT2D eigenvalue weighted by Crippen LogP contribution is -2.35. The van der Waals surface area contributed by atoms with Crippen LogP contribution in [0.2, 0.25) is 0 Å². The molecule has 0 saturated carbocycles. The molecule has 1 fully saturated rings. The smallest absolute Gasteiger partial charge is 0.490 e. The van der Waals surface area contributed by atoms with Gasteiger partial charge < -0.3 is 79.2 Å². The number of hydrogen-bond donors (Lipinski definition) is 8. The number of carbonyl (C=O) groups is 4. The predicted molar refractivity (Wildman–Crippen MR) is 368 cm³/mol. The van der Waals surface area contributed by atoms with E-state index in [-0.39, 0.29) is 98.8 Å². The Hall–Kier alpha value is -9.36. The largest absolute Gasteiger partial charge is 0.491 e. The van der Waals surface area contributed by atoms with Crippen LogP contribution in [0.1, 0.15) is 70.7 Å². The number of aromatic nitrogens is 2. The quantitative estimate of drug-likeness (QED) is 0.00377. The van der Waals surface area contributed by atoms with Crippen molar-refractivity contribution in [3.8, 4) is 39.3 Å². The lowest BCUT2D eigenvalue weighted by molar-refractivity contribution is -0.126. The number of benzene rings is 4. The van der Waals surface area contributed by atoms with Crippen molar-refractivity contribution in [2.45, 2.75) is 63.7 Å². The highest BCUT2D eigenvalue weighted by molar-refractivity contribution is 7.66. The average molecular weight is 1490 g/mol. The maximum Gasteiger partial charge on any atom is 0.490 e. The van der Waals surface area contributed by atoms with Crippen LogP contribution in [0.3, 0.4) is 0 Å². The van der Waals surface area contributed by atoms with E-state index < -0.39 is 91.1 Å². The van der Waals surface area contributed by atoms with Crippen molar-refractivity contribution in [3.63, 3.8) is 0 Å². The van der Waals surface area contributed by atoms with E-state index in [0.29, 0.717) is 39.1 Å². The molecule has 2 aliphatic heterocycles. The molecule has 9 rings (SSSR count). The minimum absolute atomic E-state index is 0.0721. The van der Waals surface area contributed by atoms with Crippen LogP contribution in [0.4, 0.5) is 11.4 Å². The van der Waals surface area contributed by atoms with E-state index in [1.54, 1.807) is 42.3 Å². The molecule has 0 aliphatic carbocycles. The number of amides is 4. The maximum atomic E-state index is 14.5. The molecular formula is C62H69N14O22P3S. The van der Waals surface area contributed by atoms with Gasteiger partial charge in [-0.3, -0.25) is 33.1 Å². The van der Waals surface area contributed by atoms with Crippen molar-refractivity contribution in [2.24, 2.45) is 10.2 Å². The molecule has 2 aliphatic rings. The summed E-state index contributed by atoms with van der Waals surface area (Å²) >= 11 is 1.37. The fourth-order valence-electron chi connectivity index (χ4n) is 10.9. The summed E-state index contributed by atoms with van der Waals surface area (Å²) in [5.74, 6) is 3.94. The van der Waals surface area contributed by atoms with E-state index >= 15 is 0 Å². The van der Waals surface area contributed by atoms with E-state index in [2.05, 4.69) is 78.9 Å². The molecule has 1 saturated heterocycles. The van der Waals surface area contributed by atoms with Crippen molar-refractivity contribution in [2.75, 3.05) is 96.7 Å². The number of para-hydroxylation sites is 1. The van der Waals surface area contributed by atoms with E-state index in [9.17, 15) is 57.8 Å². The van der Waals surface area contributed by atoms with Gasteiger partial charge in [0.15, 0.2) is 6.23 Å². The van der Waals surface area contributed by atoms with Crippen LogP contribution < -0.4 is 42.5 Å². The van der Waals surface area contributed by atoms with Gasteiger partial charge in [0.1, 0.15) is 54.2 Å². The van der Waals surface area contributed by atoms with E-state index in [1.807, 2.05) is 42.5 Å². The Morgan fingerprint density at radius 3 is 2.48 bits per heavy atom. The topological polar surface area (TPSA) is 505 Å². The van der Waals surface area contributed by atoms with Gasteiger partial charge in [-0.15, -0.1) is 11.3 Å². The molecule has 4 aromatic carbocycles. The molecule has 0 radical (unpaired) electrons. The van der Waals surface area contributed by atoms with Crippen molar-refractivity contribution >= 4 is 91.0 Å². The summed E-state index contributed by atoms with van der Waals surface area (Å²) in [4.78, 5) is 131. The number of nitrogens with one attached hydrogen (secondary N) is 3. The number of thiazole rings is 1. The molecule has 3 aromatic heterocycles. The molecule has 0 bridgehead atoms. The molecule has 6 unspecified atom stereocenters. The van der Waals surface area contributed by atoms with Gasteiger partial charge in [-0.05, 0) is 90.8 Å². The number of nitrogen functional groups attached to an aromatic ring is 1. The first-order chi connectivity index (χ1) is 48.8. The van der Waals surface area contributed by atoms with Gasteiger partial charge in [0.05, 0.1) is 53.9 Å². The van der Waals surface area contributed by atoms with Crippen LogP contribution in [0.15, 0.2) is 121 Å². The summed E-state index contributed by atoms with van der Waals surface area (Å²) < 4.78 is 83.2. The predicted octanol–water partition coefficient (Wildman–Crippen LogP) is 7.15. The third-order valence-corrected chi connectivity index (χ3v) is 20.3. The molecule has 36 nitrogen and oxygen atoms in total. The molecule has 0 spiro atoms. The van der Waals surface area contributed by atoms with Gasteiger partial charge in [-0.2, -0.15) is 8.62 Å². The number of nitrogens with two attached hydrogens (primary N) is 1. The standard InChI is InChI=1S/C62H69N14O22P3S/c1-3-75-25-10-14-38-29-44-48(31-47(38)75)96-62(82)58(60-70-46-18-6-7-19-51(46)102-60)57(44)42-16-4-5-17-43(42)61(81)74(2)24-11-20-52(77)67-22-23-68-59(80)39-12-8-15-41(28-39)92-36-54(71-73-65)91-27-26-90-35-53(78)66-21-9-13-40-33-76(55(79)30-45(40)63)56-32-49(93-37-69-72-64)50(95-56)34-94-100(86,87)98-101(88,89)97-99(83,84)85/h4-8,12,15-19,28-31,33,49-50,54,56H,3,10-11,14,20-27,32,34-37,63H2,1-2H3,(H,66,78)(H,67,77)(H,68,80)(H,86,87)(H,88,89)(H2,83,84,85). The van der Waals surface area contributed by atoms with Crippen molar-refractivity contribution in [1.82, 2.24) is 30.4 Å². The minimum Gasteiger partial charge on any atom is -0.491 e. The monoisotopic (exact) mass is 1490 g/mol. The number of fused-ring (bicyclic) bond motifs is 3. The summed E-state index contributed by atoms with van der Waals surface area (Å²) in [5.41, 5.74) is 27.9. The fourth-order valence-corrected chi connectivity index (χ4v) is 14.9. The van der Waals surface area contributed by atoms with Crippen LogP contribution >= 0.6 is 34.8 Å². The number of phosphoric acid groups is 3. The lowest BCUT2D eigenvalue weighted by Gasteiger charge is -2.30. The Labute approximate surface area is 583 Å². The number of carbonyl (C=O) groups excluding carboxylic acids is 4. The average Bonchev–Trinajstić information content (AvgIpc) is 1.09. The molecular weight excluding hydrogens is 1420 g/mol. The minimum atomic E-state index is -5.85. The van der Waals surface area contributed by atoms with Gasteiger partial charge >= 0.3 is 29.1 Å². The van der Waals surface area contributed by atoms with Gasteiger partial charge in [0, 0.05) is 109 Å². The zero-order chi connectivity index (χ0) is 73.1. The third-order valence-electron chi connectivity index (χ3n) is 15.5. The van der Waals surface area contributed by atoms with Gasteiger partial charge in [-0.25, -0.2) is 23.5 Å². The van der Waals surface area contributed by atoms with Gasteiger partial charge in [0.2, 0.25) is 11.8 Å². The van der Waals surface area contributed by atoms with E-state index in [4.69, 9.17) is 54.1 Å². The molecule has 5 heterocycles. The summed E-state index contributed by atoms with van der Waals surface area (Å²) in [6.45, 7) is 1.40. The number of azide groups is 2. The van der Waals surface area contributed by atoms with Crippen LogP contribution in [0, 0.1) is 11.8 Å². The molecule has 40 heteroatoms. The van der Waals surface area contributed by atoms with Crippen LogP contribution in [-0.4, -0.2) is 162 Å². The van der Waals surface area contributed by atoms with Crippen molar-refractivity contribution in [3.05, 3.63) is 161 Å². The Morgan fingerprint density at radius 2 is 1.71 bits per heavy atom. The summed E-state index contributed by atoms with van der Waals surface area (Å²) in [6.07, 6.45) is -1.66. The van der Waals surface area contributed by atoms with E-state index in [1.165, 1.54) is 23.6 Å². The fraction of sp³-hybridized carbons (Fsp3) is 0.371. The Kier molecular flexibility index (Phi) is 26.7. The van der Waals surface area contributed by atoms with E-state index in [0.717, 1.165) is 58.0 Å². The van der Waals surface area contributed by atoms with Crippen molar-refractivity contribution < 1.29 is 93.7 Å². The van der Waals surface area contributed by atoms with Crippen LogP contribution in [0.5, 0.6) is 5.75 Å². The number of nitrogens with zero attached hydrogens (tertiary/aromatic N) is 10. The third kappa shape index (κ3) is 21.1. The zero-order valence-corrected chi connectivity index (χ0v) is 58.0. The number of aryl methyl sites for hydroxylation is 1.